The molecule has 0 saturated carbocycles. The van der Waals surface area contributed by atoms with E-state index in [2.05, 4.69) is 12.0 Å². The van der Waals surface area contributed by atoms with Gasteiger partial charge in [0.1, 0.15) is 0 Å². The Hall–Kier alpha value is -1.03. The van der Waals surface area contributed by atoms with Gasteiger partial charge < -0.3 is 5.11 Å². The Kier molecular flexibility index (Phi) is 5.08. The minimum Gasteiger partial charge on any atom is -0.392 e. The van der Waals surface area contributed by atoms with E-state index in [1.807, 2.05) is 23.9 Å². The minimum absolute atomic E-state index is 0.492. The summed E-state index contributed by atoms with van der Waals surface area (Å²) < 4.78 is 1.82. The van der Waals surface area contributed by atoms with Crippen molar-refractivity contribution in [1.82, 2.24) is 9.78 Å². The van der Waals surface area contributed by atoms with Crippen molar-refractivity contribution in [2.45, 2.75) is 32.3 Å². The van der Waals surface area contributed by atoms with Crippen molar-refractivity contribution in [3.63, 3.8) is 0 Å². The SMILES string of the molecule is CCc1cc(CC(O)Cc2ccc(Cl)cc2Cl)n(C)n1. The summed E-state index contributed by atoms with van der Waals surface area (Å²) in [4.78, 5) is 0. The van der Waals surface area contributed by atoms with Crippen LogP contribution in [-0.4, -0.2) is 21.0 Å². The summed E-state index contributed by atoms with van der Waals surface area (Å²) in [6, 6.07) is 7.38. The standard InChI is InChI=1S/C15H18Cl2N2O/c1-3-12-8-13(19(2)18-12)9-14(20)6-10-4-5-11(16)7-15(10)17/h4-5,7-8,14,20H,3,6,9H2,1-2H3. The number of halogens is 2. The zero-order valence-electron chi connectivity index (χ0n) is 11.6. The van der Waals surface area contributed by atoms with Gasteiger partial charge in [-0.2, -0.15) is 5.10 Å². The van der Waals surface area contributed by atoms with Crippen LogP contribution in [0.3, 0.4) is 0 Å². The van der Waals surface area contributed by atoms with Gasteiger partial charge in [0.2, 0.25) is 0 Å². The summed E-state index contributed by atoms with van der Waals surface area (Å²) in [5.41, 5.74) is 2.97. The topological polar surface area (TPSA) is 38.0 Å². The van der Waals surface area contributed by atoms with Crippen LogP contribution in [0.25, 0.3) is 0 Å². The molecule has 1 unspecified atom stereocenters. The van der Waals surface area contributed by atoms with Crippen LogP contribution in [-0.2, 0) is 26.3 Å². The van der Waals surface area contributed by atoms with E-state index >= 15 is 0 Å². The molecule has 0 bridgehead atoms. The molecular formula is C15H18Cl2N2O. The molecule has 0 aliphatic heterocycles. The van der Waals surface area contributed by atoms with E-state index in [1.165, 1.54) is 0 Å². The highest BCUT2D eigenvalue weighted by atomic mass is 35.5. The number of nitrogens with zero attached hydrogens (tertiary/aromatic N) is 2. The molecular weight excluding hydrogens is 295 g/mol. The van der Waals surface area contributed by atoms with Gasteiger partial charge in [-0.3, -0.25) is 4.68 Å². The predicted octanol–water partition coefficient (Wildman–Crippen LogP) is 3.44. The second kappa shape index (κ2) is 6.61. The Morgan fingerprint density at radius 3 is 2.60 bits per heavy atom. The number of hydrogen-bond acceptors (Lipinski definition) is 2. The van der Waals surface area contributed by atoms with Crippen LogP contribution in [0.1, 0.15) is 23.9 Å². The molecule has 2 rings (SSSR count). The lowest BCUT2D eigenvalue weighted by Gasteiger charge is -2.12. The quantitative estimate of drug-likeness (QED) is 0.918. The molecule has 1 aromatic carbocycles. The van der Waals surface area contributed by atoms with Gasteiger partial charge in [-0.05, 0) is 30.2 Å². The van der Waals surface area contributed by atoms with Gasteiger partial charge in [-0.15, -0.1) is 0 Å². The molecule has 0 spiro atoms. The maximum absolute atomic E-state index is 10.2. The number of rotatable bonds is 5. The van der Waals surface area contributed by atoms with Gasteiger partial charge in [0.25, 0.3) is 0 Å². The van der Waals surface area contributed by atoms with Crippen LogP contribution in [0.5, 0.6) is 0 Å². The molecule has 0 aliphatic carbocycles. The summed E-state index contributed by atoms with van der Waals surface area (Å²) in [5.74, 6) is 0. The number of benzene rings is 1. The molecule has 3 nitrogen and oxygen atoms in total. The Balaban J connectivity index is 2.04. The van der Waals surface area contributed by atoms with Gasteiger partial charge in [0, 0.05) is 35.6 Å². The molecule has 0 radical (unpaired) electrons. The lowest BCUT2D eigenvalue weighted by atomic mass is 10.0. The fraction of sp³-hybridized carbons (Fsp3) is 0.400. The highest BCUT2D eigenvalue weighted by Crippen LogP contribution is 2.22. The smallest absolute Gasteiger partial charge is 0.0636 e. The maximum atomic E-state index is 10.2. The van der Waals surface area contributed by atoms with Gasteiger partial charge in [-0.1, -0.05) is 36.2 Å². The first kappa shape index (κ1) is 15.4. The Labute approximate surface area is 129 Å². The highest BCUT2D eigenvalue weighted by Gasteiger charge is 2.13. The van der Waals surface area contributed by atoms with Crippen molar-refractivity contribution in [2.24, 2.45) is 7.05 Å². The Morgan fingerprint density at radius 1 is 1.25 bits per heavy atom. The van der Waals surface area contributed by atoms with Gasteiger partial charge in [-0.25, -0.2) is 0 Å². The largest absolute Gasteiger partial charge is 0.392 e. The fourth-order valence-electron chi connectivity index (χ4n) is 2.19. The molecule has 0 fully saturated rings. The van der Waals surface area contributed by atoms with Crippen molar-refractivity contribution in [2.75, 3.05) is 0 Å². The van der Waals surface area contributed by atoms with E-state index in [0.29, 0.717) is 22.9 Å². The van der Waals surface area contributed by atoms with E-state index in [-0.39, 0.29) is 0 Å². The average molecular weight is 313 g/mol. The first-order valence-corrected chi connectivity index (χ1v) is 7.39. The number of aliphatic hydroxyl groups excluding tert-OH is 1. The molecule has 2 aromatic rings. The maximum Gasteiger partial charge on any atom is 0.0636 e. The zero-order valence-corrected chi connectivity index (χ0v) is 13.1. The number of hydrogen-bond donors (Lipinski definition) is 1. The predicted molar refractivity (Wildman–Crippen MR) is 82.5 cm³/mol. The Morgan fingerprint density at radius 2 is 2.00 bits per heavy atom. The average Bonchev–Trinajstić information content (AvgIpc) is 2.74. The summed E-state index contributed by atoms with van der Waals surface area (Å²) >= 11 is 12.0. The molecule has 0 saturated heterocycles. The third-order valence-electron chi connectivity index (χ3n) is 3.30. The molecule has 1 heterocycles. The first-order chi connectivity index (χ1) is 9.49. The highest BCUT2D eigenvalue weighted by molar-refractivity contribution is 6.35. The van der Waals surface area contributed by atoms with Crippen molar-refractivity contribution in [1.29, 1.82) is 0 Å². The lowest BCUT2D eigenvalue weighted by molar-refractivity contribution is 0.173. The third-order valence-corrected chi connectivity index (χ3v) is 3.89. The normalized spacial score (nSPS) is 12.7. The van der Waals surface area contributed by atoms with Crippen molar-refractivity contribution >= 4 is 23.2 Å². The summed E-state index contributed by atoms with van der Waals surface area (Å²) in [5, 5.41) is 15.8. The molecule has 20 heavy (non-hydrogen) atoms. The summed E-state index contributed by atoms with van der Waals surface area (Å²) in [6.07, 6.45) is 1.46. The lowest BCUT2D eigenvalue weighted by Crippen LogP contribution is -2.16. The van der Waals surface area contributed by atoms with Crippen LogP contribution in [0.4, 0.5) is 0 Å². The monoisotopic (exact) mass is 312 g/mol. The molecule has 1 aromatic heterocycles. The van der Waals surface area contributed by atoms with E-state index in [9.17, 15) is 5.11 Å². The van der Waals surface area contributed by atoms with E-state index < -0.39 is 6.10 Å². The molecule has 5 heteroatoms. The molecule has 1 N–H and O–H groups in total. The van der Waals surface area contributed by atoms with E-state index in [0.717, 1.165) is 23.4 Å². The van der Waals surface area contributed by atoms with Crippen molar-refractivity contribution in [3.8, 4) is 0 Å². The number of aliphatic hydroxyl groups is 1. The van der Waals surface area contributed by atoms with E-state index in [1.54, 1.807) is 12.1 Å². The second-order valence-corrected chi connectivity index (χ2v) is 5.75. The molecule has 1 atom stereocenters. The van der Waals surface area contributed by atoms with E-state index in [4.69, 9.17) is 23.2 Å². The van der Waals surface area contributed by atoms with Crippen LogP contribution in [0.15, 0.2) is 24.3 Å². The van der Waals surface area contributed by atoms with Gasteiger partial charge in [0.05, 0.1) is 11.8 Å². The second-order valence-electron chi connectivity index (χ2n) is 4.90. The number of aromatic nitrogens is 2. The minimum atomic E-state index is -0.492. The van der Waals surface area contributed by atoms with Gasteiger partial charge in [0.15, 0.2) is 0 Å². The van der Waals surface area contributed by atoms with Crippen molar-refractivity contribution in [3.05, 3.63) is 51.3 Å². The molecule has 0 aliphatic rings. The summed E-state index contributed by atoms with van der Waals surface area (Å²) in [7, 11) is 1.90. The third kappa shape index (κ3) is 3.75. The Bertz CT molecular complexity index is 596. The van der Waals surface area contributed by atoms with Gasteiger partial charge >= 0.3 is 0 Å². The molecule has 0 amide bonds. The van der Waals surface area contributed by atoms with Crippen molar-refractivity contribution < 1.29 is 5.11 Å². The zero-order chi connectivity index (χ0) is 14.7. The van der Waals surface area contributed by atoms with Crippen LogP contribution >= 0.6 is 23.2 Å². The van der Waals surface area contributed by atoms with Crippen LogP contribution in [0, 0.1) is 0 Å². The first-order valence-electron chi connectivity index (χ1n) is 6.63. The summed E-state index contributed by atoms with van der Waals surface area (Å²) in [6.45, 7) is 2.07. The van der Waals surface area contributed by atoms with Crippen LogP contribution in [0.2, 0.25) is 10.0 Å². The van der Waals surface area contributed by atoms with Crippen LogP contribution < -0.4 is 0 Å². The fourth-order valence-corrected chi connectivity index (χ4v) is 2.68. The molecule has 108 valence electrons. The number of aryl methyl sites for hydroxylation is 2.